The minimum absolute atomic E-state index is 0.439. The van der Waals surface area contributed by atoms with Crippen LogP contribution < -0.4 is 5.73 Å². The predicted octanol–water partition coefficient (Wildman–Crippen LogP) is 2.21. The number of halogens is 1. The van der Waals surface area contributed by atoms with E-state index in [1.54, 1.807) is 17.9 Å². The number of amides is 1. The van der Waals surface area contributed by atoms with Crippen LogP contribution in [0.1, 0.15) is 14.5 Å². The van der Waals surface area contributed by atoms with Crippen molar-refractivity contribution in [1.29, 1.82) is 0 Å². The van der Waals surface area contributed by atoms with Crippen LogP contribution in [0.4, 0.5) is 0 Å². The van der Waals surface area contributed by atoms with Crippen LogP contribution in [0, 0.1) is 6.92 Å². The minimum Gasteiger partial charge on any atom is -0.365 e. The van der Waals surface area contributed by atoms with Gasteiger partial charge in [-0.15, -0.1) is 11.3 Å². The third-order valence-electron chi connectivity index (χ3n) is 2.23. The first-order chi connectivity index (χ1) is 7.50. The van der Waals surface area contributed by atoms with Crippen LogP contribution in [-0.4, -0.2) is 15.7 Å². The van der Waals surface area contributed by atoms with E-state index in [0.717, 1.165) is 16.1 Å². The summed E-state index contributed by atoms with van der Waals surface area (Å²) >= 11 is 7.40. The zero-order valence-corrected chi connectivity index (χ0v) is 10.4. The van der Waals surface area contributed by atoms with Gasteiger partial charge in [-0.1, -0.05) is 11.6 Å². The van der Waals surface area contributed by atoms with Crippen molar-refractivity contribution in [3.8, 4) is 11.3 Å². The third-order valence-corrected chi connectivity index (χ3v) is 3.57. The summed E-state index contributed by atoms with van der Waals surface area (Å²) in [6.07, 6.45) is 1.55. The number of thiophene rings is 1. The molecule has 0 aromatic carbocycles. The number of carbonyl (C=O) groups excluding carboxylic acids is 1. The van der Waals surface area contributed by atoms with E-state index in [9.17, 15) is 4.79 Å². The maximum Gasteiger partial charge on any atom is 0.259 e. The fourth-order valence-corrected chi connectivity index (χ4v) is 2.72. The van der Waals surface area contributed by atoms with Crippen LogP contribution in [0.2, 0.25) is 5.02 Å². The number of nitrogens with zero attached hydrogens (tertiary/aromatic N) is 2. The summed E-state index contributed by atoms with van der Waals surface area (Å²) in [5.74, 6) is -0.439. The summed E-state index contributed by atoms with van der Waals surface area (Å²) in [5.41, 5.74) is 6.80. The van der Waals surface area contributed by atoms with E-state index in [1.165, 1.54) is 11.3 Å². The van der Waals surface area contributed by atoms with E-state index in [2.05, 4.69) is 5.10 Å². The number of aromatic nitrogens is 2. The standard InChI is InChI=1S/C10H10ClN3OS/c1-5-3-6(9(16-5)10(12)15)8-7(11)4-13-14(8)2/h3-4H,1-2H3,(H2,12,15). The molecule has 0 atom stereocenters. The summed E-state index contributed by atoms with van der Waals surface area (Å²) < 4.78 is 1.64. The molecule has 6 heteroatoms. The Labute approximate surface area is 102 Å². The number of hydrogen-bond acceptors (Lipinski definition) is 3. The number of aryl methyl sites for hydroxylation is 2. The smallest absolute Gasteiger partial charge is 0.259 e. The van der Waals surface area contributed by atoms with E-state index in [4.69, 9.17) is 17.3 Å². The molecule has 0 bridgehead atoms. The molecule has 0 saturated carbocycles. The topological polar surface area (TPSA) is 60.9 Å². The van der Waals surface area contributed by atoms with Crippen LogP contribution in [0.15, 0.2) is 12.3 Å². The fourth-order valence-electron chi connectivity index (χ4n) is 1.59. The second kappa shape index (κ2) is 3.92. The van der Waals surface area contributed by atoms with E-state index in [0.29, 0.717) is 9.90 Å². The molecule has 2 N–H and O–H groups in total. The zero-order valence-electron chi connectivity index (χ0n) is 8.82. The molecule has 2 rings (SSSR count). The SMILES string of the molecule is Cc1cc(-c2c(Cl)cnn2C)c(C(N)=O)s1. The molecule has 2 aromatic heterocycles. The van der Waals surface area contributed by atoms with Gasteiger partial charge in [-0.2, -0.15) is 5.10 Å². The highest BCUT2D eigenvalue weighted by Crippen LogP contribution is 2.34. The largest absolute Gasteiger partial charge is 0.365 e. The number of nitrogens with two attached hydrogens (primary N) is 1. The number of carbonyl (C=O) groups is 1. The Morgan fingerprint density at radius 3 is 2.81 bits per heavy atom. The number of primary amides is 1. The first kappa shape index (κ1) is 11.2. The van der Waals surface area contributed by atoms with Gasteiger partial charge in [0.15, 0.2) is 0 Å². The Morgan fingerprint density at radius 2 is 2.31 bits per heavy atom. The van der Waals surface area contributed by atoms with Crippen LogP contribution in [0.5, 0.6) is 0 Å². The van der Waals surface area contributed by atoms with Crippen molar-refractivity contribution in [1.82, 2.24) is 9.78 Å². The molecule has 0 spiro atoms. The highest BCUT2D eigenvalue weighted by molar-refractivity contribution is 7.14. The monoisotopic (exact) mass is 255 g/mol. The van der Waals surface area contributed by atoms with Gasteiger partial charge in [-0.05, 0) is 13.0 Å². The van der Waals surface area contributed by atoms with Crippen molar-refractivity contribution >= 4 is 28.8 Å². The van der Waals surface area contributed by atoms with Gasteiger partial charge in [0.1, 0.15) is 4.88 Å². The highest BCUT2D eigenvalue weighted by atomic mass is 35.5. The summed E-state index contributed by atoms with van der Waals surface area (Å²) in [4.78, 5) is 12.8. The summed E-state index contributed by atoms with van der Waals surface area (Å²) in [5, 5.41) is 4.56. The molecule has 2 aromatic rings. The van der Waals surface area contributed by atoms with Gasteiger partial charge >= 0.3 is 0 Å². The van der Waals surface area contributed by atoms with Gasteiger partial charge in [0.25, 0.3) is 5.91 Å². The highest BCUT2D eigenvalue weighted by Gasteiger charge is 2.18. The lowest BCUT2D eigenvalue weighted by atomic mass is 10.1. The average Bonchev–Trinajstić information content (AvgIpc) is 2.70. The molecule has 16 heavy (non-hydrogen) atoms. The Bertz CT molecular complexity index is 539. The van der Waals surface area contributed by atoms with Crippen molar-refractivity contribution < 1.29 is 4.79 Å². The van der Waals surface area contributed by atoms with Gasteiger partial charge < -0.3 is 5.73 Å². The maximum absolute atomic E-state index is 11.3. The molecule has 0 radical (unpaired) electrons. The molecule has 0 aliphatic rings. The van der Waals surface area contributed by atoms with Gasteiger partial charge in [-0.25, -0.2) is 0 Å². The molecule has 4 nitrogen and oxygen atoms in total. The average molecular weight is 256 g/mol. The summed E-state index contributed by atoms with van der Waals surface area (Å²) in [6.45, 7) is 1.92. The van der Waals surface area contributed by atoms with E-state index < -0.39 is 5.91 Å². The van der Waals surface area contributed by atoms with Crippen molar-refractivity contribution in [2.45, 2.75) is 6.92 Å². The molecule has 2 heterocycles. The lowest BCUT2D eigenvalue weighted by Crippen LogP contribution is -2.10. The normalized spacial score (nSPS) is 10.7. The van der Waals surface area contributed by atoms with Crippen LogP contribution in [0.3, 0.4) is 0 Å². The molecule has 1 amide bonds. The quantitative estimate of drug-likeness (QED) is 0.894. The van der Waals surface area contributed by atoms with E-state index >= 15 is 0 Å². The van der Waals surface area contributed by atoms with E-state index in [-0.39, 0.29) is 0 Å². The van der Waals surface area contributed by atoms with Crippen LogP contribution in [0.25, 0.3) is 11.3 Å². The molecule has 0 aliphatic heterocycles. The van der Waals surface area contributed by atoms with E-state index in [1.807, 2.05) is 13.0 Å². The molecule has 0 fully saturated rings. The van der Waals surface area contributed by atoms with Crippen LogP contribution >= 0.6 is 22.9 Å². The van der Waals surface area contributed by atoms with Crippen molar-refractivity contribution in [3.63, 3.8) is 0 Å². The second-order valence-corrected chi connectivity index (χ2v) is 5.09. The summed E-state index contributed by atoms with van der Waals surface area (Å²) in [7, 11) is 1.78. The predicted molar refractivity (Wildman–Crippen MR) is 64.8 cm³/mol. The molecule has 84 valence electrons. The Hall–Kier alpha value is -1.33. The first-order valence-electron chi connectivity index (χ1n) is 4.59. The van der Waals surface area contributed by atoms with Crippen molar-refractivity contribution in [3.05, 3.63) is 27.0 Å². The first-order valence-corrected chi connectivity index (χ1v) is 5.78. The molecule has 0 unspecified atom stereocenters. The minimum atomic E-state index is -0.439. The van der Waals surface area contributed by atoms with Gasteiger partial charge in [-0.3, -0.25) is 9.48 Å². The zero-order chi connectivity index (χ0) is 11.9. The number of rotatable bonds is 2. The molecule has 0 aliphatic carbocycles. The Balaban J connectivity index is 2.68. The molecule has 0 saturated heterocycles. The fraction of sp³-hybridized carbons (Fsp3) is 0.200. The Kier molecular flexibility index (Phi) is 2.73. The van der Waals surface area contributed by atoms with Crippen molar-refractivity contribution in [2.75, 3.05) is 0 Å². The van der Waals surface area contributed by atoms with Gasteiger partial charge in [0, 0.05) is 17.5 Å². The maximum atomic E-state index is 11.3. The summed E-state index contributed by atoms with van der Waals surface area (Å²) in [6, 6.07) is 1.90. The lowest BCUT2D eigenvalue weighted by molar-refractivity contribution is 0.100. The number of hydrogen-bond donors (Lipinski definition) is 1. The second-order valence-electron chi connectivity index (χ2n) is 3.43. The third kappa shape index (κ3) is 1.72. The Morgan fingerprint density at radius 1 is 1.62 bits per heavy atom. The van der Waals surface area contributed by atoms with Crippen LogP contribution in [-0.2, 0) is 7.05 Å². The van der Waals surface area contributed by atoms with Gasteiger partial charge in [0.2, 0.25) is 0 Å². The molecular weight excluding hydrogens is 246 g/mol. The van der Waals surface area contributed by atoms with Crippen molar-refractivity contribution in [2.24, 2.45) is 12.8 Å². The van der Waals surface area contributed by atoms with Gasteiger partial charge in [0.05, 0.1) is 16.9 Å². The molecular formula is C10H10ClN3OS. The lowest BCUT2D eigenvalue weighted by Gasteiger charge is -2.02.